The van der Waals surface area contributed by atoms with Gasteiger partial charge < -0.3 is 5.32 Å². The van der Waals surface area contributed by atoms with Crippen LogP contribution in [0, 0.1) is 0 Å². The van der Waals surface area contributed by atoms with Crippen molar-refractivity contribution in [1.82, 2.24) is 4.98 Å². The lowest BCUT2D eigenvalue weighted by Crippen LogP contribution is -2.11. The zero-order valence-electron chi connectivity index (χ0n) is 9.46. The van der Waals surface area contributed by atoms with Crippen molar-refractivity contribution in [2.45, 2.75) is 0 Å². The lowest BCUT2D eigenvalue weighted by molar-refractivity contribution is 0.102. The first kappa shape index (κ1) is 10.9. The molecule has 0 radical (unpaired) electrons. The Labute approximate surface area is 108 Å². The maximum absolute atomic E-state index is 12.0. The fraction of sp³-hybridized carbons (Fsp3) is 0. The van der Waals surface area contributed by atoms with E-state index in [9.17, 15) is 4.79 Å². The third-order valence-electron chi connectivity index (χ3n) is 2.62. The summed E-state index contributed by atoms with van der Waals surface area (Å²) in [6.07, 6.45) is 0. The maximum Gasteiger partial charge on any atom is 0.255 e. The lowest BCUT2D eigenvalue weighted by Gasteiger charge is -2.04. The molecule has 3 aromatic rings. The van der Waals surface area contributed by atoms with Gasteiger partial charge in [-0.05, 0) is 30.3 Å². The molecule has 0 aliphatic carbocycles. The molecule has 88 valence electrons. The first-order chi connectivity index (χ1) is 8.83. The topological polar surface area (TPSA) is 42.0 Å². The number of carbonyl (C=O) groups excluding carboxylic acids is 1. The number of rotatable bonds is 2. The highest BCUT2D eigenvalue weighted by molar-refractivity contribution is 7.16. The number of nitrogens with one attached hydrogen (secondary N) is 1. The van der Waals surface area contributed by atoms with Gasteiger partial charge in [-0.2, -0.15) is 0 Å². The molecule has 18 heavy (non-hydrogen) atoms. The SMILES string of the molecule is O=C(Nc1ccc2scnc2c1)c1ccccc1. The molecule has 0 fully saturated rings. The Morgan fingerprint density at radius 2 is 1.94 bits per heavy atom. The summed E-state index contributed by atoms with van der Waals surface area (Å²) >= 11 is 1.59. The summed E-state index contributed by atoms with van der Waals surface area (Å²) in [6.45, 7) is 0. The van der Waals surface area contributed by atoms with E-state index in [1.54, 1.807) is 29.0 Å². The van der Waals surface area contributed by atoms with Crippen LogP contribution in [0.3, 0.4) is 0 Å². The smallest absolute Gasteiger partial charge is 0.255 e. The van der Waals surface area contributed by atoms with Crippen LogP contribution in [0.25, 0.3) is 10.2 Å². The van der Waals surface area contributed by atoms with Crippen LogP contribution < -0.4 is 5.32 Å². The number of hydrogen-bond acceptors (Lipinski definition) is 3. The average molecular weight is 254 g/mol. The van der Waals surface area contributed by atoms with E-state index >= 15 is 0 Å². The molecule has 1 amide bonds. The molecule has 0 bridgehead atoms. The van der Waals surface area contributed by atoms with Crippen LogP contribution in [0.4, 0.5) is 5.69 Å². The van der Waals surface area contributed by atoms with Gasteiger partial charge in [0.15, 0.2) is 0 Å². The Balaban J connectivity index is 1.86. The van der Waals surface area contributed by atoms with Crippen LogP contribution in [-0.2, 0) is 0 Å². The van der Waals surface area contributed by atoms with Crippen molar-refractivity contribution in [2.24, 2.45) is 0 Å². The van der Waals surface area contributed by atoms with Crippen LogP contribution in [0.2, 0.25) is 0 Å². The van der Waals surface area contributed by atoms with E-state index in [0.29, 0.717) is 5.56 Å². The molecule has 2 aromatic carbocycles. The van der Waals surface area contributed by atoms with E-state index < -0.39 is 0 Å². The zero-order chi connectivity index (χ0) is 12.4. The number of aromatic nitrogens is 1. The van der Waals surface area contributed by atoms with Crippen LogP contribution in [0.15, 0.2) is 54.0 Å². The number of nitrogens with zero attached hydrogens (tertiary/aromatic N) is 1. The van der Waals surface area contributed by atoms with Crippen molar-refractivity contribution in [3.05, 3.63) is 59.6 Å². The molecule has 0 atom stereocenters. The van der Waals surface area contributed by atoms with Gasteiger partial charge in [-0.3, -0.25) is 4.79 Å². The predicted molar refractivity (Wildman–Crippen MR) is 74.0 cm³/mol. The predicted octanol–water partition coefficient (Wildman–Crippen LogP) is 3.55. The fourth-order valence-corrected chi connectivity index (χ4v) is 2.39. The van der Waals surface area contributed by atoms with E-state index in [-0.39, 0.29) is 5.91 Å². The number of fused-ring (bicyclic) bond motifs is 1. The van der Waals surface area contributed by atoms with E-state index in [1.165, 1.54) is 0 Å². The number of carbonyl (C=O) groups is 1. The van der Waals surface area contributed by atoms with Crippen molar-refractivity contribution < 1.29 is 4.79 Å². The Bertz CT molecular complexity index is 691. The monoisotopic (exact) mass is 254 g/mol. The number of anilines is 1. The minimum Gasteiger partial charge on any atom is -0.322 e. The highest BCUT2D eigenvalue weighted by Gasteiger charge is 2.06. The minimum atomic E-state index is -0.106. The van der Waals surface area contributed by atoms with Crippen LogP contribution in [0.5, 0.6) is 0 Å². The Morgan fingerprint density at radius 3 is 2.78 bits per heavy atom. The minimum absolute atomic E-state index is 0.106. The summed E-state index contributed by atoms with van der Waals surface area (Å²) in [5, 5.41) is 2.87. The molecule has 3 nitrogen and oxygen atoms in total. The van der Waals surface area contributed by atoms with Gasteiger partial charge in [-0.15, -0.1) is 11.3 Å². The maximum atomic E-state index is 12.0. The lowest BCUT2D eigenvalue weighted by atomic mass is 10.2. The van der Waals surface area contributed by atoms with Gasteiger partial charge in [-0.1, -0.05) is 18.2 Å². The summed E-state index contributed by atoms with van der Waals surface area (Å²) in [5.41, 5.74) is 4.12. The molecular weight excluding hydrogens is 244 g/mol. The van der Waals surface area contributed by atoms with Crippen molar-refractivity contribution in [3.8, 4) is 0 Å². The molecule has 4 heteroatoms. The number of hydrogen-bond donors (Lipinski definition) is 1. The molecule has 0 spiro atoms. The first-order valence-corrected chi connectivity index (χ1v) is 6.40. The Morgan fingerprint density at radius 1 is 1.11 bits per heavy atom. The van der Waals surface area contributed by atoms with Gasteiger partial charge in [0.25, 0.3) is 5.91 Å². The standard InChI is InChI=1S/C14H10N2OS/c17-14(10-4-2-1-3-5-10)16-11-6-7-13-12(8-11)15-9-18-13/h1-9H,(H,16,17). The van der Waals surface area contributed by atoms with Gasteiger partial charge in [0, 0.05) is 11.3 Å². The number of benzene rings is 2. The Hall–Kier alpha value is -2.20. The van der Waals surface area contributed by atoms with E-state index in [1.807, 2.05) is 36.4 Å². The van der Waals surface area contributed by atoms with E-state index in [2.05, 4.69) is 10.3 Å². The van der Waals surface area contributed by atoms with Crippen LogP contribution in [0.1, 0.15) is 10.4 Å². The highest BCUT2D eigenvalue weighted by atomic mass is 32.1. The van der Waals surface area contributed by atoms with Crippen molar-refractivity contribution in [2.75, 3.05) is 5.32 Å². The molecule has 0 aliphatic rings. The third-order valence-corrected chi connectivity index (χ3v) is 3.43. The second kappa shape index (κ2) is 4.58. The normalized spacial score (nSPS) is 10.4. The molecule has 0 unspecified atom stereocenters. The summed E-state index contributed by atoms with van der Waals surface area (Å²) in [6, 6.07) is 14.9. The summed E-state index contributed by atoms with van der Waals surface area (Å²) in [7, 11) is 0. The summed E-state index contributed by atoms with van der Waals surface area (Å²) in [5.74, 6) is -0.106. The quantitative estimate of drug-likeness (QED) is 0.760. The molecule has 1 N–H and O–H groups in total. The molecule has 3 rings (SSSR count). The van der Waals surface area contributed by atoms with Gasteiger partial charge in [0.2, 0.25) is 0 Å². The Kier molecular flexibility index (Phi) is 2.78. The van der Waals surface area contributed by atoms with Crippen LogP contribution >= 0.6 is 11.3 Å². The molecule has 0 saturated heterocycles. The van der Waals surface area contributed by atoms with Gasteiger partial charge in [0.05, 0.1) is 15.7 Å². The second-order valence-corrected chi connectivity index (χ2v) is 4.74. The van der Waals surface area contributed by atoms with Crippen molar-refractivity contribution in [1.29, 1.82) is 0 Å². The van der Waals surface area contributed by atoms with Crippen LogP contribution in [-0.4, -0.2) is 10.9 Å². The molecular formula is C14H10N2OS. The van der Waals surface area contributed by atoms with Gasteiger partial charge in [0.1, 0.15) is 0 Å². The molecule has 1 heterocycles. The largest absolute Gasteiger partial charge is 0.322 e. The van der Waals surface area contributed by atoms with Gasteiger partial charge >= 0.3 is 0 Å². The summed E-state index contributed by atoms with van der Waals surface area (Å²) in [4.78, 5) is 16.2. The highest BCUT2D eigenvalue weighted by Crippen LogP contribution is 2.21. The van der Waals surface area contributed by atoms with E-state index in [0.717, 1.165) is 15.9 Å². The molecule has 0 saturated carbocycles. The molecule has 1 aromatic heterocycles. The second-order valence-electron chi connectivity index (χ2n) is 3.86. The number of amides is 1. The zero-order valence-corrected chi connectivity index (χ0v) is 10.3. The summed E-state index contributed by atoms with van der Waals surface area (Å²) < 4.78 is 1.12. The van der Waals surface area contributed by atoms with E-state index in [4.69, 9.17) is 0 Å². The number of thiazole rings is 1. The fourth-order valence-electron chi connectivity index (χ4n) is 1.73. The van der Waals surface area contributed by atoms with Gasteiger partial charge in [-0.25, -0.2) is 4.98 Å². The first-order valence-electron chi connectivity index (χ1n) is 5.52. The molecule has 0 aliphatic heterocycles. The van der Waals surface area contributed by atoms with Crippen molar-refractivity contribution in [3.63, 3.8) is 0 Å². The average Bonchev–Trinajstić information content (AvgIpc) is 2.87. The van der Waals surface area contributed by atoms with Crippen molar-refractivity contribution >= 4 is 33.1 Å². The third kappa shape index (κ3) is 2.10.